The van der Waals surface area contributed by atoms with E-state index in [1.807, 2.05) is 6.92 Å². The van der Waals surface area contributed by atoms with Crippen LogP contribution in [0.3, 0.4) is 0 Å². The molecule has 0 heterocycles. The molecule has 0 aliphatic carbocycles. The second-order valence-electron chi connectivity index (χ2n) is 2.14. The SMILES string of the molecule is CCCCOC(=O)NS(N)(=O)=O. The van der Waals surface area contributed by atoms with Gasteiger partial charge in [-0.1, -0.05) is 13.3 Å². The average molecular weight is 196 g/mol. The van der Waals surface area contributed by atoms with E-state index in [4.69, 9.17) is 0 Å². The van der Waals surface area contributed by atoms with E-state index in [0.29, 0.717) is 6.42 Å². The molecule has 3 N–H and O–H groups in total. The van der Waals surface area contributed by atoms with E-state index < -0.39 is 16.3 Å². The Morgan fingerprint density at radius 2 is 2.17 bits per heavy atom. The number of unbranched alkanes of at least 4 members (excludes halogenated alkanes) is 1. The number of hydrogen-bond donors (Lipinski definition) is 2. The molecule has 72 valence electrons. The fraction of sp³-hybridized carbons (Fsp3) is 0.800. The third-order valence-electron chi connectivity index (χ3n) is 0.957. The van der Waals surface area contributed by atoms with Crippen LogP contribution in [0.5, 0.6) is 0 Å². The molecule has 7 heteroatoms. The highest BCUT2D eigenvalue weighted by Crippen LogP contribution is 1.88. The van der Waals surface area contributed by atoms with Crippen LogP contribution in [0.2, 0.25) is 0 Å². The highest BCUT2D eigenvalue weighted by molar-refractivity contribution is 7.87. The number of nitrogens with one attached hydrogen (secondary N) is 1. The van der Waals surface area contributed by atoms with E-state index >= 15 is 0 Å². The molecule has 0 unspecified atom stereocenters. The normalized spacial score (nSPS) is 10.8. The third kappa shape index (κ3) is 7.29. The molecule has 0 aliphatic heterocycles. The number of ether oxygens (including phenoxy) is 1. The predicted octanol–water partition coefficient (Wildman–Crippen LogP) is -0.284. The summed E-state index contributed by atoms with van der Waals surface area (Å²) in [6, 6.07) is 0. The topological polar surface area (TPSA) is 98.5 Å². The first-order chi connectivity index (χ1) is 5.45. The lowest BCUT2D eigenvalue weighted by atomic mass is 10.4. The number of carbonyl (C=O) groups is 1. The Balaban J connectivity index is 3.62. The molecule has 0 aromatic heterocycles. The maximum Gasteiger partial charge on any atom is 0.421 e. The van der Waals surface area contributed by atoms with Gasteiger partial charge in [0.15, 0.2) is 0 Å². The molecule has 0 rings (SSSR count). The fourth-order valence-electron chi connectivity index (χ4n) is 0.455. The van der Waals surface area contributed by atoms with E-state index in [1.54, 1.807) is 0 Å². The van der Waals surface area contributed by atoms with Gasteiger partial charge in [-0.05, 0) is 6.42 Å². The summed E-state index contributed by atoms with van der Waals surface area (Å²) in [5.41, 5.74) is 0. The van der Waals surface area contributed by atoms with Crippen molar-refractivity contribution in [3.63, 3.8) is 0 Å². The van der Waals surface area contributed by atoms with Crippen molar-refractivity contribution in [2.75, 3.05) is 6.61 Å². The lowest BCUT2D eigenvalue weighted by Gasteiger charge is -2.03. The first kappa shape index (κ1) is 11.2. The minimum Gasteiger partial charge on any atom is -0.449 e. The average Bonchev–Trinajstić information content (AvgIpc) is 1.84. The van der Waals surface area contributed by atoms with Crippen LogP contribution in [0, 0.1) is 0 Å². The minimum atomic E-state index is -3.99. The number of hydrogen-bond acceptors (Lipinski definition) is 4. The summed E-state index contributed by atoms with van der Waals surface area (Å²) in [4.78, 5) is 10.5. The van der Waals surface area contributed by atoms with Crippen molar-refractivity contribution in [3.05, 3.63) is 0 Å². The first-order valence-corrected chi connectivity index (χ1v) is 4.97. The molecule has 0 saturated carbocycles. The molecule has 0 spiro atoms. The monoisotopic (exact) mass is 196 g/mol. The van der Waals surface area contributed by atoms with Crippen LogP contribution in [0.4, 0.5) is 4.79 Å². The minimum absolute atomic E-state index is 0.192. The molecular weight excluding hydrogens is 184 g/mol. The van der Waals surface area contributed by atoms with Crippen LogP contribution in [-0.4, -0.2) is 21.1 Å². The largest absolute Gasteiger partial charge is 0.449 e. The molecular formula is C5H12N2O4S. The summed E-state index contributed by atoms with van der Waals surface area (Å²) in [6.45, 7) is 2.11. The second kappa shape index (κ2) is 4.94. The molecule has 0 atom stereocenters. The summed E-state index contributed by atoms with van der Waals surface area (Å²) in [5, 5.41) is 4.50. The van der Waals surface area contributed by atoms with E-state index in [9.17, 15) is 13.2 Å². The highest BCUT2D eigenvalue weighted by Gasteiger charge is 2.08. The summed E-state index contributed by atoms with van der Waals surface area (Å²) in [7, 11) is -3.99. The molecule has 0 aliphatic rings. The smallest absolute Gasteiger partial charge is 0.421 e. The standard InChI is InChI=1S/C5H12N2O4S/c1-2-3-4-11-5(8)7-12(6,9)10/h2-4H2,1H3,(H,7,8)(H2,6,9,10). The van der Waals surface area contributed by atoms with Gasteiger partial charge in [0, 0.05) is 0 Å². The van der Waals surface area contributed by atoms with Crippen LogP contribution in [0.15, 0.2) is 0 Å². The first-order valence-electron chi connectivity index (χ1n) is 3.43. The van der Waals surface area contributed by atoms with Crippen LogP contribution in [-0.2, 0) is 14.9 Å². The van der Waals surface area contributed by atoms with Crippen molar-refractivity contribution in [1.82, 2.24) is 4.72 Å². The van der Waals surface area contributed by atoms with Crippen LogP contribution in [0.1, 0.15) is 19.8 Å². The van der Waals surface area contributed by atoms with Crippen molar-refractivity contribution >= 4 is 16.3 Å². The van der Waals surface area contributed by atoms with Crippen molar-refractivity contribution in [3.8, 4) is 0 Å². The number of carbonyl (C=O) groups excluding carboxylic acids is 1. The van der Waals surface area contributed by atoms with Gasteiger partial charge in [0.1, 0.15) is 0 Å². The molecule has 0 aromatic carbocycles. The zero-order chi connectivity index (χ0) is 9.61. The molecule has 12 heavy (non-hydrogen) atoms. The Bertz CT molecular complexity index is 236. The number of rotatable bonds is 4. The summed E-state index contributed by atoms with van der Waals surface area (Å²) in [6.07, 6.45) is 0.520. The van der Waals surface area contributed by atoms with Crippen LogP contribution >= 0.6 is 0 Å². The Kier molecular flexibility index (Phi) is 4.60. The van der Waals surface area contributed by atoms with Crippen molar-refractivity contribution in [1.29, 1.82) is 0 Å². The predicted molar refractivity (Wildman–Crippen MR) is 42.5 cm³/mol. The Hall–Kier alpha value is -0.820. The van der Waals surface area contributed by atoms with Crippen molar-refractivity contribution in [2.24, 2.45) is 5.14 Å². The maximum atomic E-state index is 10.5. The molecule has 0 fully saturated rings. The lowest BCUT2D eigenvalue weighted by molar-refractivity contribution is 0.151. The maximum absolute atomic E-state index is 10.5. The lowest BCUT2D eigenvalue weighted by Crippen LogP contribution is -2.36. The van der Waals surface area contributed by atoms with Crippen LogP contribution in [0.25, 0.3) is 0 Å². The van der Waals surface area contributed by atoms with Gasteiger partial charge in [-0.2, -0.15) is 8.42 Å². The van der Waals surface area contributed by atoms with E-state index in [2.05, 4.69) is 9.88 Å². The molecule has 0 radical (unpaired) electrons. The Morgan fingerprint density at radius 3 is 2.58 bits per heavy atom. The molecule has 0 bridgehead atoms. The molecule has 6 nitrogen and oxygen atoms in total. The third-order valence-corrected chi connectivity index (χ3v) is 1.41. The van der Waals surface area contributed by atoms with E-state index in [1.165, 1.54) is 4.72 Å². The quantitative estimate of drug-likeness (QED) is 0.604. The second-order valence-corrected chi connectivity index (χ2v) is 3.43. The van der Waals surface area contributed by atoms with Crippen molar-refractivity contribution in [2.45, 2.75) is 19.8 Å². The molecule has 0 aromatic rings. The zero-order valence-corrected chi connectivity index (χ0v) is 7.56. The zero-order valence-electron chi connectivity index (χ0n) is 6.74. The van der Waals surface area contributed by atoms with Gasteiger partial charge in [-0.25, -0.2) is 14.7 Å². The number of nitrogens with two attached hydrogens (primary N) is 1. The Morgan fingerprint density at radius 1 is 1.58 bits per heavy atom. The van der Waals surface area contributed by atoms with Gasteiger partial charge in [0.25, 0.3) is 0 Å². The summed E-state index contributed by atoms with van der Waals surface area (Å²) >= 11 is 0. The van der Waals surface area contributed by atoms with Crippen LogP contribution < -0.4 is 9.86 Å². The van der Waals surface area contributed by atoms with Gasteiger partial charge in [0.05, 0.1) is 6.61 Å². The van der Waals surface area contributed by atoms with Gasteiger partial charge in [-0.3, -0.25) is 0 Å². The van der Waals surface area contributed by atoms with E-state index in [0.717, 1.165) is 6.42 Å². The summed E-state index contributed by atoms with van der Waals surface area (Å²) < 4.78 is 26.4. The highest BCUT2D eigenvalue weighted by atomic mass is 32.2. The summed E-state index contributed by atoms with van der Waals surface area (Å²) in [5.74, 6) is 0. The van der Waals surface area contributed by atoms with Gasteiger partial charge in [0.2, 0.25) is 0 Å². The van der Waals surface area contributed by atoms with E-state index in [-0.39, 0.29) is 6.61 Å². The van der Waals surface area contributed by atoms with Gasteiger partial charge >= 0.3 is 16.3 Å². The Labute approximate surface area is 71.3 Å². The number of amides is 1. The fourth-order valence-corrected chi connectivity index (χ4v) is 0.746. The van der Waals surface area contributed by atoms with Crippen molar-refractivity contribution < 1.29 is 17.9 Å². The van der Waals surface area contributed by atoms with Gasteiger partial charge < -0.3 is 4.74 Å². The van der Waals surface area contributed by atoms with Gasteiger partial charge in [-0.15, -0.1) is 0 Å². The molecule has 1 amide bonds. The molecule has 0 saturated heterocycles.